The first-order valence-electron chi connectivity index (χ1n) is 5.60. The van der Waals surface area contributed by atoms with Crippen LogP contribution in [0.3, 0.4) is 0 Å². The van der Waals surface area contributed by atoms with Crippen molar-refractivity contribution in [1.29, 1.82) is 0 Å². The van der Waals surface area contributed by atoms with E-state index >= 15 is 0 Å². The van der Waals surface area contributed by atoms with Crippen LogP contribution < -0.4 is 5.32 Å². The van der Waals surface area contributed by atoms with Gasteiger partial charge in [-0.25, -0.2) is 0 Å². The Balaban J connectivity index is 2.04. The van der Waals surface area contributed by atoms with Crippen LogP contribution in [0.2, 0.25) is 0 Å². The Morgan fingerprint density at radius 1 is 1.53 bits per heavy atom. The van der Waals surface area contributed by atoms with Gasteiger partial charge in [0.15, 0.2) is 0 Å². The molecular weight excluding hydrogens is 236 g/mol. The summed E-state index contributed by atoms with van der Waals surface area (Å²) in [5, 5.41) is 14.0. The third-order valence-electron chi connectivity index (χ3n) is 3.26. The van der Waals surface area contributed by atoms with Crippen molar-refractivity contribution < 1.29 is 4.92 Å². The van der Waals surface area contributed by atoms with Crippen LogP contribution in [0.4, 0.5) is 11.4 Å². The predicted octanol–water partition coefficient (Wildman–Crippen LogP) is 3.21. The number of hydrogen-bond acceptors (Lipinski definition) is 4. The molecule has 2 rings (SSSR count). The molecule has 5 heteroatoms. The smallest absolute Gasteiger partial charge is 0.269 e. The molecule has 0 saturated heterocycles. The lowest BCUT2D eigenvalue weighted by Gasteiger charge is -2.15. The van der Waals surface area contributed by atoms with Gasteiger partial charge in [-0.2, -0.15) is 11.8 Å². The minimum absolute atomic E-state index is 0.152. The van der Waals surface area contributed by atoms with Crippen molar-refractivity contribution in [1.82, 2.24) is 0 Å². The number of hydrogen-bond donors (Lipinski definition) is 1. The van der Waals surface area contributed by atoms with Gasteiger partial charge in [0.05, 0.1) is 4.92 Å². The highest BCUT2D eigenvalue weighted by molar-refractivity contribution is 8.00. The van der Waals surface area contributed by atoms with Crippen LogP contribution in [0.5, 0.6) is 0 Å². The average Bonchev–Trinajstić information content (AvgIpc) is 3.08. The number of benzene rings is 1. The van der Waals surface area contributed by atoms with Crippen molar-refractivity contribution in [3.63, 3.8) is 0 Å². The molecule has 4 nitrogen and oxygen atoms in total. The van der Waals surface area contributed by atoms with E-state index in [2.05, 4.69) is 11.6 Å². The maximum absolute atomic E-state index is 10.6. The molecule has 0 atom stereocenters. The van der Waals surface area contributed by atoms with Crippen LogP contribution >= 0.6 is 11.8 Å². The van der Waals surface area contributed by atoms with Crippen molar-refractivity contribution in [3.05, 3.63) is 33.9 Å². The molecule has 1 fully saturated rings. The van der Waals surface area contributed by atoms with Crippen molar-refractivity contribution >= 4 is 23.1 Å². The minimum atomic E-state index is -0.360. The van der Waals surface area contributed by atoms with Gasteiger partial charge in [-0.05, 0) is 37.7 Å². The Kier molecular flexibility index (Phi) is 3.28. The van der Waals surface area contributed by atoms with Gasteiger partial charge >= 0.3 is 0 Å². The largest absolute Gasteiger partial charge is 0.383 e. The summed E-state index contributed by atoms with van der Waals surface area (Å²) >= 11 is 1.90. The molecule has 0 heterocycles. The summed E-state index contributed by atoms with van der Waals surface area (Å²) < 4.78 is 0.397. The fourth-order valence-corrected chi connectivity index (χ4v) is 2.54. The molecule has 1 aliphatic rings. The average molecular weight is 252 g/mol. The SMILES string of the molecule is CSC1(CNc2ccc([N+](=O)[O-])cc2C)CC1. The monoisotopic (exact) mass is 252 g/mol. The zero-order chi connectivity index (χ0) is 12.5. The molecule has 1 saturated carbocycles. The molecule has 0 aromatic heterocycles. The molecule has 0 unspecified atom stereocenters. The van der Waals surface area contributed by atoms with Crippen LogP contribution in [-0.4, -0.2) is 22.5 Å². The fourth-order valence-electron chi connectivity index (χ4n) is 1.81. The van der Waals surface area contributed by atoms with E-state index in [0.717, 1.165) is 17.8 Å². The minimum Gasteiger partial charge on any atom is -0.383 e. The highest BCUT2D eigenvalue weighted by Crippen LogP contribution is 2.47. The highest BCUT2D eigenvalue weighted by Gasteiger charge is 2.41. The Morgan fingerprint density at radius 3 is 2.71 bits per heavy atom. The van der Waals surface area contributed by atoms with Gasteiger partial charge in [0, 0.05) is 29.1 Å². The standard InChI is InChI=1S/C12H16N2O2S/c1-9-7-10(14(15)16)3-4-11(9)13-8-12(17-2)5-6-12/h3-4,7,13H,5-6,8H2,1-2H3. The molecule has 0 radical (unpaired) electrons. The second-order valence-electron chi connectivity index (χ2n) is 4.50. The number of rotatable bonds is 5. The number of nitrogens with one attached hydrogen (secondary N) is 1. The number of non-ortho nitro benzene ring substituents is 1. The zero-order valence-corrected chi connectivity index (χ0v) is 10.8. The number of aryl methyl sites for hydroxylation is 1. The molecule has 0 spiro atoms. The van der Waals surface area contributed by atoms with Crippen LogP contribution in [0.25, 0.3) is 0 Å². The lowest BCUT2D eigenvalue weighted by molar-refractivity contribution is -0.384. The molecular formula is C12H16N2O2S. The summed E-state index contributed by atoms with van der Waals surface area (Å²) in [6.07, 6.45) is 4.65. The van der Waals surface area contributed by atoms with Crippen LogP contribution in [0.1, 0.15) is 18.4 Å². The molecule has 0 aliphatic heterocycles. The number of thioether (sulfide) groups is 1. The van der Waals surface area contributed by atoms with E-state index in [1.54, 1.807) is 18.2 Å². The summed E-state index contributed by atoms with van der Waals surface area (Å²) in [5.74, 6) is 0. The molecule has 0 amide bonds. The topological polar surface area (TPSA) is 55.2 Å². The van der Waals surface area contributed by atoms with E-state index in [9.17, 15) is 10.1 Å². The molecule has 1 N–H and O–H groups in total. The molecule has 0 bridgehead atoms. The number of nitro benzene ring substituents is 1. The Bertz CT molecular complexity index is 444. The normalized spacial score (nSPS) is 16.6. The third kappa shape index (κ3) is 2.72. The van der Waals surface area contributed by atoms with E-state index in [-0.39, 0.29) is 10.6 Å². The second-order valence-corrected chi connectivity index (χ2v) is 5.77. The number of anilines is 1. The summed E-state index contributed by atoms with van der Waals surface area (Å²) in [6.45, 7) is 2.83. The van der Waals surface area contributed by atoms with Crippen molar-refractivity contribution in [3.8, 4) is 0 Å². The van der Waals surface area contributed by atoms with Crippen molar-refractivity contribution in [2.75, 3.05) is 18.1 Å². The van der Waals surface area contributed by atoms with E-state index < -0.39 is 0 Å². The van der Waals surface area contributed by atoms with Crippen LogP contribution in [0, 0.1) is 17.0 Å². The molecule has 92 valence electrons. The summed E-state index contributed by atoms with van der Waals surface area (Å²) in [4.78, 5) is 10.3. The van der Waals surface area contributed by atoms with Gasteiger partial charge in [-0.1, -0.05) is 0 Å². The van der Waals surface area contributed by atoms with Crippen LogP contribution in [-0.2, 0) is 0 Å². The quantitative estimate of drug-likeness (QED) is 0.645. The maximum Gasteiger partial charge on any atom is 0.269 e. The van der Waals surface area contributed by atoms with Crippen molar-refractivity contribution in [2.24, 2.45) is 0 Å². The van der Waals surface area contributed by atoms with Gasteiger partial charge in [-0.15, -0.1) is 0 Å². The Hall–Kier alpha value is -1.23. The van der Waals surface area contributed by atoms with Gasteiger partial charge in [-0.3, -0.25) is 10.1 Å². The first-order chi connectivity index (χ1) is 8.06. The second kappa shape index (κ2) is 4.56. The van der Waals surface area contributed by atoms with Gasteiger partial charge in [0.1, 0.15) is 0 Å². The number of nitrogens with zero attached hydrogens (tertiary/aromatic N) is 1. The molecule has 1 aromatic carbocycles. The third-order valence-corrected chi connectivity index (χ3v) is 4.68. The Labute approximate surface area is 105 Å². The van der Waals surface area contributed by atoms with E-state index in [1.807, 2.05) is 18.7 Å². The molecule has 17 heavy (non-hydrogen) atoms. The lowest BCUT2D eigenvalue weighted by Crippen LogP contribution is -2.17. The van der Waals surface area contributed by atoms with Gasteiger partial charge < -0.3 is 5.32 Å². The van der Waals surface area contributed by atoms with E-state index in [0.29, 0.717) is 4.75 Å². The van der Waals surface area contributed by atoms with Gasteiger partial charge in [0.2, 0.25) is 0 Å². The molecule has 1 aromatic rings. The summed E-state index contributed by atoms with van der Waals surface area (Å²) in [5.41, 5.74) is 2.08. The van der Waals surface area contributed by atoms with E-state index in [4.69, 9.17) is 0 Å². The fraction of sp³-hybridized carbons (Fsp3) is 0.500. The highest BCUT2D eigenvalue weighted by atomic mass is 32.2. The first kappa shape index (κ1) is 12.2. The first-order valence-corrected chi connectivity index (χ1v) is 6.83. The zero-order valence-electron chi connectivity index (χ0n) is 10.0. The molecule has 1 aliphatic carbocycles. The Morgan fingerprint density at radius 2 is 2.24 bits per heavy atom. The summed E-state index contributed by atoms with van der Waals surface area (Å²) in [7, 11) is 0. The lowest BCUT2D eigenvalue weighted by atomic mass is 10.1. The summed E-state index contributed by atoms with van der Waals surface area (Å²) in [6, 6.07) is 4.96. The van der Waals surface area contributed by atoms with Gasteiger partial charge in [0.25, 0.3) is 5.69 Å². The van der Waals surface area contributed by atoms with Crippen LogP contribution in [0.15, 0.2) is 18.2 Å². The maximum atomic E-state index is 10.6. The predicted molar refractivity (Wildman–Crippen MR) is 71.8 cm³/mol. The number of nitro groups is 1. The van der Waals surface area contributed by atoms with E-state index in [1.165, 1.54) is 12.8 Å². The van der Waals surface area contributed by atoms with Crippen molar-refractivity contribution in [2.45, 2.75) is 24.5 Å².